The summed E-state index contributed by atoms with van der Waals surface area (Å²) in [4.78, 5) is 31.7. The molecule has 2 aromatic rings. The molecule has 2 amide bonds. The molecule has 0 aliphatic carbocycles. The zero-order valence-corrected chi connectivity index (χ0v) is 19.3. The highest BCUT2D eigenvalue weighted by atomic mass is 32.1. The van der Waals surface area contributed by atoms with E-state index in [4.69, 9.17) is 4.74 Å². The van der Waals surface area contributed by atoms with E-state index in [2.05, 4.69) is 17.5 Å². The molecule has 5 nitrogen and oxygen atoms in total. The average Bonchev–Trinajstić information content (AvgIpc) is 3.46. The smallest absolute Gasteiger partial charge is 0.253 e. The van der Waals surface area contributed by atoms with Crippen LogP contribution in [0.3, 0.4) is 0 Å². The van der Waals surface area contributed by atoms with Crippen LogP contribution in [0.2, 0.25) is 0 Å². The maximum atomic E-state index is 13.6. The molecule has 2 atom stereocenters. The number of likely N-dealkylation sites (tertiary alicyclic amines) is 1. The second-order valence-electron chi connectivity index (χ2n) is 8.90. The molecule has 0 spiro atoms. The lowest BCUT2D eigenvalue weighted by atomic mass is 9.95. The van der Waals surface area contributed by atoms with Crippen molar-refractivity contribution in [3.63, 3.8) is 0 Å². The van der Waals surface area contributed by atoms with Gasteiger partial charge in [0.25, 0.3) is 5.91 Å². The Morgan fingerprint density at radius 1 is 1.16 bits per heavy atom. The summed E-state index contributed by atoms with van der Waals surface area (Å²) in [5.74, 6) is 0.0417. The first-order valence-electron chi connectivity index (χ1n) is 11.3. The Hall–Kier alpha value is -2.18. The zero-order valence-electron chi connectivity index (χ0n) is 18.5. The maximum absolute atomic E-state index is 13.6. The number of rotatable bonds is 6. The van der Waals surface area contributed by atoms with Gasteiger partial charge in [0.2, 0.25) is 5.91 Å². The number of hydrogen-bond donors (Lipinski definition) is 0. The van der Waals surface area contributed by atoms with Crippen molar-refractivity contribution in [2.24, 2.45) is 5.92 Å². The van der Waals surface area contributed by atoms with Crippen molar-refractivity contribution in [2.75, 3.05) is 26.2 Å². The van der Waals surface area contributed by atoms with Crippen LogP contribution in [0.1, 0.15) is 52.0 Å². The van der Waals surface area contributed by atoms with Gasteiger partial charge in [-0.2, -0.15) is 0 Å². The van der Waals surface area contributed by atoms with Gasteiger partial charge in [-0.05, 0) is 63.1 Å². The number of aryl methyl sites for hydroxylation is 2. The van der Waals surface area contributed by atoms with Gasteiger partial charge in [0.15, 0.2) is 0 Å². The third kappa shape index (κ3) is 5.55. The fourth-order valence-electron chi connectivity index (χ4n) is 4.76. The molecule has 2 aliphatic heterocycles. The summed E-state index contributed by atoms with van der Waals surface area (Å²) in [7, 11) is 0. The largest absolute Gasteiger partial charge is 0.376 e. The molecule has 31 heavy (non-hydrogen) atoms. The van der Waals surface area contributed by atoms with Crippen LogP contribution >= 0.6 is 11.3 Å². The third-order valence-corrected chi connectivity index (χ3v) is 7.07. The number of nitrogens with zero attached hydrogens (tertiary/aromatic N) is 2. The Morgan fingerprint density at radius 3 is 2.65 bits per heavy atom. The number of carbonyl (C=O) groups is 2. The summed E-state index contributed by atoms with van der Waals surface area (Å²) in [5.41, 5.74) is 2.90. The molecule has 2 unspecified atom stereocenters. The van der Waals surface area contributed by atoms with Crippen molar-refractivity contribution in [1.82, 2.24) is 9.80 Å². The highest BCUT2D eigenvalue weighted by Crippen LogP contribution is 2.25. The lowest BCUT2D eigenvalue weighted by molar-refractivity contribution is -0.139. The lowest BCUT2D eigenvalue weighted by Crippen LogP contribution is -2.48. The van der Waals surface area contributed by atoms with Gasteiger partial charge >= 0.3 is 0 Å². The molecule has 0 radical (unpaired) electrons. The van der Waals surface area contributed by atoms with Gasteiger partial charge in [0.05, 0.1) is 18.6 Å². The van der Waals surface area contributed by atoms with Crippen LogP contribution in [-0.2, 0) is 16.1 Å². The van der Waals surface area contributed by atoms with Crippen molar-refractivity contribution < 1.29 is 14.3 Å². The molecule has 0 saturated carbocycles. The van der Waals surface area contributed by atoms with Crippen LogP contribution in [0.4, 0.5) is 0 Å². The fourth-order valence-corrected chi connectivity index (χ4v) is 5.48. The molecule has 2 saturated heterocycles. The van der Waals surface area contributed by atoms with E-state index >= 15 is 0 Å². The van der Waals surface area contributed by atoms with Crippen LogP contribution in [0.25, 0.3) is 0 Å². The van der Waals surface area contributed by atoms with E-state index in [1.165, 1.54) is 4.88 Å². The molecular weight excluding hydrogens is 408 g/mol. The van der Waals surface area contributed by atoms with Crippen molar-refractivity contribution in [3.05, 3.63) is 57.3 Å². The van der Waals surface area contributed by atoms with E-state index in [1.807, 2.05) is 41.8 Å². The highest BCUT2D eigenvalue weighted by Gasteiger charge is 2.33. The van der Waals surface area contributed by atoms with Crippen LogP contribution in [-0.4, -0.2) is 54.0 Å². The normalized spacial score (nSPS) is 21.3. The number of carbonyl (C=O) groups excluding carboxylic acids is 2. The Kier molecular flexibility index (Phi) is 7.08. The summed E-state index contributed by atoms with van der Waals surface area (Å²) in [6, 6.07) is 10.1. The summed E-state index contributed by atoms with van der Waals surface area (Å²) >= 11 is 1.68. The predicted molar refractivity (Wildman–Crippen MR) is 123 cm³/mol. The Morgan fingerprint density at radius 2 is 1.97 bits per heavy atom. The Balaban J connectivity index is 1.46. The summed E-state index contributed by atoms with van der Waals surface area (Å²) < 4.78 is 5.82. The molecule has 3 heterocycles. The fraction of sp³-hybridized carbons (Fsp3) is 0.520. The standard InChI is InChI=1S/C25H32N2O3S/c1-18-12-19(2)14-21(13-18)25(29)26-9-3-6-20(15-26)24(28)27(16-22-7-4-10-30-22)17-23-8-5-11-31-23/h5,8,11-14,20,22H,3-4,6-7,9-10,15-17H2,1-2H3. The Bertz CT molecular complexity index is 885. The molecule has 2 fully saturated rings. The van der Waals surface area contributed by atoms with Crippen LogP contribution in [0, 0.1) is 19.8 Å². The molecule has 1 aromatic carbocycles. The van der Waals surface area contributed by atoms with E-state index < -0.39 is 0 Å². The van der Waals surface area contributed by atoms with Gasteiger partial charge in [-0.3, -0.25) is 9.59 Å². The van der Waals surface area contributed by atoms with Gasteiger partial charge in [-0.1, -0.05) is 23.3 Å². The van der Waals surface area contributed by atoms with E-state index in [0.29, 0.717) is 26.2 Å². The second-order valence-corrected chi connectivity index (χ2v) is 9.93. The van der Waals surface area contributed by atoms with Gasteiger partial charge < -0.3 is 14.5 Å². The lowest BCUT2D eigenvalue weighted by Gasteiger charge is -2.35. The molecule has 6 heteroatoms. The van der Waals surface area contributed by atoms with Crippen LogP contribution in [0.5, 0.6) is 0 Å². The monoisotopic (exact) mass is 440 g/mol. The van der Waals surface area contributed by atoms with Crippen LogP contribution in [0.15, 0.2) is 35.7 Å². The number of benzene rings is 1. The number of thiophene rings is 1. The van der Waals surface area contributed by atoms with Crippen molar-refractivity contribution in [2.45, 2.75) is 52.2 Å². The van der Waals surface area contributed by atoms with E-state index in [0.717, 1.165) is 49.0 Å². The van der Waals surface area contributed by atoms with Crippen LogP contribution < -0.4 is 0 Å². The van der Waals surface area contributed by atoms with Gasteiger partial charge in [-0.15, -0.1) is 11.3 Å². The van der Waals surface area contributed by atoms with E-state index in [1.54, 1.807) is 11.3 Å². The summed E-state index contributed by atoms with van der Waals surface area (Å²) in [6.45, 7) is 7.28. The molecule has 0 N–H and O–H groups in total. The Labute approximate surface area is 189 Å². The summed E-state index contributed by atoms with van der Waals surface area (Å²) in [5, 5.41) is 2.05. The third-order valence-electron chi connectivity index (χ3n) is 6.21. The topological polar surface area (TPSA) is 49.9 Å². The van der Waals surface area contributed by atoms with Crippen molar-refractivity contribution >= 4 is 23.2 Å². The summed E-state index contributed by atoms with van der Waals surface area (Å²) in [6.07, 6.45) is 3.89. The van der Waals surface area contributed by atoms with Crippen molar-refractivity contribution in [3.8, 4) is 0 Å². The number of hydrogen-bond acceptors (Lipinski definition) is 4. The molecular formula is C25H32N2O3S. The van der Waals surface area contributed by atoms with Gasteiger partial charge in [0, 0.05) is 36.7 Å². The molecule has 2 aliphatic rings. The number of ether oxygens (including phenoxy) is 1. The number of amides is 2. The average molecular weight is 441 g/mol. The van der Waals surface area contributed by atoms with E-state index in [-0.39, 0.29) is 23.8 Å². The zero-order chi connectivity index (χ0) is 21.8. The molecule has 166 valence electrons. The first-order valence-corrected chi connectivity index (χ1v) is 12.2. The number of piperidine rings is 1. The predicted octanol–water partition coefficient (Wildman–Crippen LogP) is 4.42. The molecule has 1 aromatic heterocycles. The minimum absolute atomic E-state index is 0.0354. The quantitative estimate of drug-likeness (QED) is 0.668. The molecule has 0 bridgehead atoms. The maximum Gasteiger partial charge on any atom is 0.253 e. The molecule has 4 rings (SSSR count). The first kappa shape index (κ1) is 22.0. The minimum atomic E-state index is -0.148. The minimum Gasteiger partial charge on any atom is -0.376 e. The highest BCUT2D eigenvalue weighted by molar-refractivity contribution is 7.09. The van der Waals surface area contributed by atoms with E-state index in [9.17, 15) is 9.59 Å². The van der Waals surface area contributed by atoms with Gasteiger partial charge in [-0.25, -0.2) is 0 Å². The van der Waals surface area contributed by atoms with Gasteiger partial charge in [0.1, 0.15) is 0 Å². The second kappa shape index (κ2) is 9.96. The SMILES string of the molecule is Cc1cc(C)cc(C(=O)N2CCCC(C(=O)N(Cc3cccs3)CC3CCCO3)C2)c1. The van der Waals surface area contributed by atoms with Crippen molar-refractivity contribution in [1.29, 1.82) is 0 Å². The first-order chi connectivity index (χ1) is 15.0.